The highest BCUT2D eigenvalue weighted by atomic mass is 16.5. The molecule has 0 bridgehead atoms. The van der Waals surface area contributed by atoms with Gasteiger partial charge in [0.05, 0.1) is 13.2 Å². The summed E-state index contributed by atoms with van der Waals surface area (Å²) in [7, 11) is 1.63. The summed E-state index contributed by atoms with van der Waals surface area (Å²) in [4.78, 5) is 25.6. The molecule has 1 heterocycles. The minimum absolute atomic E-state index is 0.000718. The number of rotatable bonds is 6. The third kappa shape index (κ3) is 4.23. The number of nitrogens with zero attached hydrogens (tertiary/aromatic N) is 1. The van der Waals surface area contributed by atoms with E-state index in [9.17, 15) is 9.59 Å². The molecule has 1 aliphatic rings. The van der Waals surface area contributed by atoms with Gasteiger partial charge in [-0.05, 0) is 38.0 Å². The normalized spacial score (nSPS) is 17.9. The van der Waals surface area contributed by atoms with Crippen molar-refractivity contribution in [2.24, 2.45) is 0 Å². The van der Waals surface area contributed by atoms with Crippen molar-refractivity contribution in [1.29, 1.82) is 0 Å². The second-order valence-electron chi connectivity index (χ2n) is 5.96. The van der Waals surface area contributed by atoms with E-state index < -0.39 is 0 Å². The van der Waals surface area contributed by atoms with Gasteiger partial charge in [0.15, 0.2) is 0 Å². The predicted octanol–water partition coefficient (Wildman–Crippen LogP) is 1.75. The lowest BCUT2D eigenvalue weighted by Crippen LogP contribution is -2.38. The summed E-state index contributed by atoms with van der Waals surface area (Å²) in [6.45, 7) is 4.60. The number of carbonyl (C=O) groups is 2. The van der Waals surface area contributed by atoms with E-state index in [2.05, 4.69) is 5.32 Å². The van der Waals surface area contributed by atoms with E-state index in [4.69, 9.17) is 4.74 Å². The lowest BCUT2D eigenvalue weighted by molar-refractivity contribution is -0.129. The van der Waals surface area contributed by atoms with Gasteiger partial charge >= 0.3 is 0 Å². The van der Waals surface area contributed by atoms with Crippen LogP contribution in [-0.2, 0) is 16.0 Å². The first-order valence-corrected chi connectivity index (χ1v) is 7.71. The van der Waals surface area contributed by atoms with Crippen molar-refractivity contribution in [3.05, 3.63) is 29.8 Å². The number of amides is 2. The fourth-order valence-corrected chi connectivity index (χ4v) is 2.68. The quantitative estimate of drug-likeness (QED) is 0.871. The summed E-state index contributed by atoms with van der Waals surface area (Å²) in [5.74, 6) is 0.932. The number of likely N-dealkylation sites (tertiary alicyclic amines) is 1. The van der Waals surface area contributed by atoms with Gasteiger partial charge in [0.1, 0.15) is 5.75 Å². The lowest BCUT2D eigenvalue weighted by Gasteiger charge is -2.21. The SMILES string of the molecule is COc1ccc(CCC(=O)NC2CC(=O)N(C(C)C)C2)cc1. The van der Waals surface area contributed by atoms with Gasteiger partial charge in [-0.25, -0.2) is 0 Å². The fourth-order valence-electron chi connectivity index (χ4n) is 2.68. The van der Waals surface area contributed by atoms with Crippen LogP contribution in [0, 0.1) is 0 Å². The summed E-state index contributed by atoms with van der Waals surface area (Å²) >= 11 is 0. The van der Waals surface area contributed by atoms with E-state index in [1.165, 1.54) is 0 Å². The van der Waals surface area contributed by atoms with Crippen LogP contribution in [0.4, 0.5) is 0 Å². The van der Waals surface area contributed by atoms with Crippen LogP contribution in [0.5, 0.6) is 5.75 Å². The van der Waals surface area contributed by atoms with Crippen molar-refractivity contribution < 1.29 is 14.3 Å². The van der Waals surface area contributed by atoms with Gasteiger partial charge in [0.25, 0.3) is 0 Å². The maximum absolute atomic E-state index is 12.0. The monoisotopic (exact) mass is 304 g/mol. The number of benzene rings is 1. The van der Waals surface area contributed by atoms with Crippen molar-refractivity contribution in [2.45, 2.75) is 45.2 Å². The summed E-state index contributed by atoms with van der Waals surface area (Å²) in [6, 6.07) is 7.84. The van der Waals surface area contributed by atoms with E-state index in [0.717, 1.165) is 11.3 Å². The zero-order valence-corrected chi connectivity index (χ0v) is 13.5. The summed E-state index contributed by atoms with van der Waals surface area (Å²) in [5.41, 5.74) is 1.10. The van der Waals surface area contributed by atoms with Crippen LogP contribution < -0.4 is 10.1 Å². The Hall–Kier alpha value is -2.04. The maximum Gasteiger partial charge on any atom is 0.225 e. The summed E-state index contributed by atoms with van der Waals surface area (Å²) < 4.78 is 5.11. The average Bonchev–Trinajstić information content (AvgIpc) is 2.86. The number of methoxy groups -OCH3 is 1. The van der Waals surface area contributed by atoms with Crippen molar-refractivity contribution in [2.75, 3.05) is 13.7 Å². The Kier molecular flexibility index (Phi) is 5.41. The Morgan fingerprint density at radius 3 is 2.59 bits per heavy atom. The first kappa shape index (κ1) is 16.3. The second-order valence-corrected chi connectivity index (χ2v) is 5.96. The van der Waals surface area contributed by atoms with Gasteiger partial charge < -0.3 is 15.0 Å². The van der Waals surface area contributed by atoms with Crippen molar-refractivity contribution in [3.63, 3.8) is 0 Å². The van der Waals surface area contributed by atoms with Crippen LogP contribution in [0.1, 0.15) is 32.3 Å². The Balaban J connectivity index is 1.77. The van der Waals surface area contributed by atoms with Crippen molar-refractivity contribution in [3.8, 4) is 5.75 Å². The number of hydrogen-bond donors (Lipinski definition) is 1. The molecular weight excluding hydrogens is 280 g/mol. The number of hydrogen-bond acceptors (Lipinski definition) is 3. The van der Waals surface area contributed by atoms with Gasteiger partial charge in [0, 0.05) is 25.4 Å². The molecule has 22 heavy (non-hydrogen) atoms. The molecule has 0 radical (unpaired) electrons. The molecule has 0 saturated carbocycles. The molecule has 1 aromatic carbocycles. The topological polar surface area (TPSA) is 58.6 Å². The van der Waals surface area contributed by atoms with Crippen LogP contribution in [0.15, 0.2) is 24.3 Å². The number of carbonyl (C=O) groups excluding carboxylic acids is 2. The molecular formula is C17H24N2O3. The molecule has 2 rings (SSSR count). The Morgan fingerprint density at radius 1 is 1.36 bits per heavy atom. The predicted molar refractivity (Wildman–Crippen MR) is 84.7 cm³/mol. The first-order valence-electron chi connectivity index (χ1n) is 7.71. The smallest absolute Gasteiger partial charge is 0.225 e. The molecule has 1 unspecified atom stereocenters. The van der Waals surface area contributed by atoms with E-state index in [0.29, 0.717) is 25.8 Å². The van der Waals surface area contributed by atoms with Gasteiger partial charge in [-0.2, -0.15) is 0 Å². The maximum atomic E-state index is 12.0. The Labute approximate surface area is 131 Å². The molecule has 0 spiro atoms. The van der Waals surface area contributed by atoms with Gasteiger partial charge in [-0.15, -0.1) is 0 Å². The van der Waals surface area contributed by atoms with Gasteiger partial charge in [-0.1, -0.05) is 12.1 Å². The van der Waals surface area contributed by atoms with E-state index in [-0.39, 0.29) is 23.9 Å². The average molecular weight is 304 g/mol. The van der Waals surface area contributed by atoms with Crippen LogP contribution >= 0.6 is 0 Å². The molecule has 1 saturated heterocycles. The number of ether oxygens (including phenoxy) is 1. The minimum Gasteiger partial charge on any atom is -0.497 e. The van der Waals surface area contributed by atoms with Crippen LogP contribution in [0.3, 0.4) is 0 Å². The van der Waals surface area contributed by atoms with E-state index in [1.807, 2.05) is 43.0 Å². The third-order valence-corrected chi connectivity index (χ3v) is 3.95. The Bertz CT molecular complexity index is 525. The number of nitrogens with one attached hydrogen (secondary N) is 1. The zero-order valence-electron chi connectivity index (χ0n) is 13.5. The highest BCUT2D eigenvalue weighted by Crippen LogP contribution is 2.15. The molecule has 1 atom stereocenters. The molecule has 0 aliphatic carbocycles. The van der Waals surface area contributed by atoms with Crippen molar-refractivity contribution >= 4 is 11.8 Å². The number of aryl methyl sites for hydroxylation is 1. The lowest BCUT2D eigenvalue weighted by atomic mass is 10.1. The molecule has 2 amide bonds. The summed E-state index contributed by atoms with van der Waals surface area (Å²) in [6.07, 6.45) is 1.52. The molecule has 1 N–H and O–H groups in total. The van der Waals surface area contributed by atoms with E-state index >= 15 is 0 Å². The zero-order chi connectivity index (χ0) is 16.1. The third-order valence-electron chi connectivity index (χ3n) is 3.95. The largest absolute Gasteiger partial charge is 0.497 e. The molecule has 1 aromatic rings. The van der Waals surface area contributed by atoms with Gasteiger partial charge in [-0.3, -0.25) is 9.59 Å². The second kappa shape index (κ2) is 7.29. The van der Waals surface area contributed by atoms with Gasteiger partial charge in [0.2, 0.25) is 11.8 Å². The molecule has 120 valence electrons. The summed E-state index contributed by atoms with van der Waals surface area (Å²) in [5, 5.41) is 2.96. The standard InChI is InChI=1S/C17H24N2O3/c1-12(2)19-11-14(10-17(19)21)18-16(20)9-6-13-4-7-15(22-3)8-5-13/h4-5,7-8,12,14H,6,9-11H2,1-3H3,(H,18,20). The fraction of sp³-hybridized carbons (Fsp3) is 0.529. The molecule has 5 heteroatoms. The molecule has 1 aliphatic heterocycles. The van der Waals surface area contributed by atoms with Crippen LogP contribution in [0.25, 0.3) is 0 Å². The molecule has 1 fully saturated rings. The van der Waals surface area contributed by atoms with Crippen LogP contribution in [0.2, 0.25) is 0 Å². The van der Waals surface area contributed by atoms with E-state index in [1.54, 1.807) is 7.11 Å². The molecule has 0 aromatic heterocycles. The highest BCUT2D eigenvalue weighted by Gasteiger charge is 2.31. The Morgan fingerprint density at radius 2 is 2.05 bits per heavy atom. The molecule has 5 nitrogen and oxygen atoms in total. The first-order chi connectivity index (χ1) is 10.5. The van der Waals surface area contributed by atoms with Crippen molar-refractivity contribution in [1.82, 2.24) is 10.2 Å². The highest BCUT2D eigenvalue weighted by molar-refractivity contribution is 5.82. The van der Waals surface area contributed by atoms with Crippen LogP contribution in [-0.4, -0.2) is 42.5 Å². The minimum atomic E-state index is -0.0572.